The van der Waals surface area contributed by atoms with Crippen molar-refractivity contribution in [2.75, 3.05) is 0 Å². The van der Waals surface area contributed by atoms with Gasteiger partial charge >= 0.3 is 0 Å². The summed E-state index contributed by atoms with van der Waals surface area (Å²) in [6.07, 6.45) is 1.71. The first-order valence-electron chi connectivity index (χ1n) is 6.14. The molecular weight excluding hydrogens is 293 g/mol. The fourth-order valence-electron chi connectivity index (χ4n) is 1.93. The molecule has 3 rings (SSSR count). The zero-order valence-corrected chi connectivity index (χ0v) is 12.0. The van der Waals surface area contributed by atoms with Crippen molar-refractivity contribution in [2.24, 2.45) is 0 Å². The molecule has 0 saturated heterocycles. The van der Waals surface area contributed by atoms with Crippen LogP contribution in [0.15, 0.2) is 54.7 Å². The van der Waals surface area contributed by atoms with Crippen LogP contribution in [0.2, 0.25) is 10.0 Å². The molecule has 0 radical (unpaired) electrons. The van der Waals surface area contributed by atoms with Gasteiger partial charge in [0.1, 0.15) is 12.4 Å². The lowest BCUT2D eigenvalue weighted by molar-refractivity contribution is 0.305. The summed E-state index contributed by atoms with van der Waals surface area (Å²) < 4.78 is 5.73. The third kappa shape index (κ3) is 2.87. The highest BCUT2D eigenvalue weighted by Crippen LogP contribution is 2.23. The van der Waals surface area contributed by atoms with Gasteiger partial charge < -0.3 is 4.74 Å². The molecule has 0 amide bonds. The molecule has 1 heterocycles. The average molecular weight is 304 g/mol. The predicted octanol–water partition coefficient (Wildman–Crippen LogP) is 5.12. The minimum Gasteiger partial charge on any atom is -0.487 e. The van der Waals surface area contributed by atoms with E-state index in [9.17, 15) is 0 Å². The standard InChI is InChI=1S/C16H11Cl2NO/c17-13-6-5-12(15(18)8-13)10-20-14-7-11-3-1-2-4-16(11)19-9-14/h1-9H,10H2. The summed E-state index contributed by atoms with van der Waals surface area (Å²) >= 11 is 12.0. The highest BCUT2D eigenvalue weighted by atomic mass is 35.5. The van der Waals surface area contributed by atoms with E-state index < -0.39 is 0 Å². The van der Waals surface area contributed by atoms with Crippen LogP contribution in [0.1, 0.15) is 5.56 Å². The van der Waals surface area contributed by atoms with Crippen LogP contribution in [0, 0.1) is 0 Å². The van der Waals surface area contributed by atoms with Gasteiger partial charge in [0, 0.05) is 21.0 Å². The Morgan fingerprint density at radius 1 is 1.00 bits per heavy atom. The molecular formula is C16H11Cl2NO. The molecule has 4 heteroatoms. The van der Waals surface area contributed by atoms with Gasteiger partial charge in [-0.25, -0.2) is 0 Å². The van der Waals surface area contributed by atoms with E-state index in [-0.39, 0.29) is 0 Å². The second-order valence-electron chi connectivity index (χ2n) is 4.39. The van der Waals surface area contributed by atoms with E-state index in [1.807, 2.05) is 36.4 Å². The van der Waals surface area contributed by atoms with E-state index in [0.717, 1.165) is 22.2 Å². The first-order chi connectivity index (χ1) is 9.72. The Morgan fingerprint density at radius 2 is 1.85 bits per heavy atom. The molecule has 100 valence electrons. The Kier molecular flexibility index (Phi) is 3.77. The van der Waals surface area contributed by atoms with E-state index >= 15 is 0 Å². The number of hydrogen-bond acceptors (Lipinski definition) is 2. The summed E-state index contributed by atoms with van der Waals surface area (Å²) in [7, 11) is 0. The monoisotopic (exact) mass is 303 g/mol. The number of hydrogen-bond donors (Lipinski definition) is 0. The number of nitrogens with zero attached hydrogens (tertiary/aromatic N) is 1. The summed E-state index contributed by atoms with van der Waals surface area (Å²) in [4.78, 5) is 4.35. The number of pyridine rings is 1. The number of rotatable bonds is 3. The Balaban J connectivity index is 1.79. The van der Waals surface area contributed by atoms with Gasteiger partial charge in [-0.15, -0.1) is 0 Å². The average Bonchev–Trinajstić information content (AvgIpc) is 2.46. The number of halogens is 2. The van der Waals surface area contributed by atoms with Gasteiger partial charge in [0.05, 0.1) is 11.7 Å². The maximum Gasteiger partial charge on any atom is 0.138 e. The van der Waals surface area contributed by atoms with E-state index in [1.54, 1.807) is 18.3 Å². The van der Waals surface area contributed by atoms with Crippen molar-refractivity contribution in [3.8, 4) is 5.75 Å². The number of fused-ring (bicyclic) bond motifs is 1. The lowest BCUT2D eigenvalue weighted by Gasteiger charge is -2.08. The second kappa shape index (κ2) is 5.70. The van der Waals surface area contributed by atoms with Crippen molar-refractivity contribution in [3.63, 3.8) is 0 Å². The van der Waals surface area contributed by atoms with Crippen LogP contribution in [0.25, 0.3) is 10.9 Å². The normalized spacial score (nSPS) is 10.7. The zero-order valence-electron chi connectivity index (χ0n) is 10.5. The molecule has 0 atom stereocenters. The van der Waals surface area contributed by atoms with Crippen LogP contribution in [0.3, 0.4) is 0 Å². The molecule has 2 nitrogen and oxygen atoms in total. The first-order valence-corrected chi connectivity index (χ1v) is 6.89. The van der Waals surface area contributed by atoms with Crippen molar-refractivity contribution >= 4 is 34.1 Å². The summed E-state index contributed by atoms with van der Waals surface area (Å²) in [5.41, 5.74) is 1.84. The van der Waals surface area contributed by atoms with Crippen LogP contribution < -0.4 is 4.74 Å². The molecule has 2 aromatic carbocycles. The highest BCUT2D eigenvalue weighted by Gasteiger charge is 2.03. The lowest BCUT2D eigenvalue weighted by Crippen LogP contribution is -1.96. The number of ether oxygens (including phenoxy) is 1. The van der Waals surface area contributed by atoms with Gasteiger partial charge in [-0.1, -0.05) is 47.5 Å². The van der Waals surface area contributed by atoms with Crippen molar-refractivity contribution in [3.05, 3.63) is 70.3 Å². The Hall–Kier alpha value is -1.77. The minimum atomic E-state index is 0.385. The van der Waals surface area contributed by atoms with E-state index in [2.05, 4.69) is 4.98 Å². The molecule has 0 N–H and O–H groups in total. The third-order valence-corrected chi connectivity index (χ3v) is 3.56. The van der Waals surface area contributed by atoms with Gasteiger partial charge in [0.15, 0.2) is 0 Å². The molecule has 0 saturated carbocycles. The van der Waals surface area contributed by atoms with Gasteiger partial charge in [-0.05, 0) is 24.3 Å². The maximum atomic E-state index is 6.11. The van der Waals surface area contributed by atoms with Gasteiger partial charge in [-0.2, -0.15) is 0 Å². The van der Waals surface area contributed by atoms with Crippen molar-refractivity contribution < 1.29 is 4.74 Å². The van der Waals surface area contributed by atoms with Crippen molar-refractivity contribution in [2.45, 2.75) is 6.61 Å². The van der Waals surface area contributed by atoms with E-state index in [4.69, 9.17) is 27.9 Å². The smallest absolute Gasteiger partial charge is 0.138 e. The lowest BCUT2D eigenvalue weighted by atomic mass is 10.2. The van der Waals surface area contributed by atoms with Gasteiger partial charge in [-0.3, -0.25) is 4.98 Å². The number of aromatic nitrogens is 1. The molecule has 0 aliphatic carbocycles. The molecule has 0 spiro atoms. The van der Waals surface area contributed by atoms with E-state index in [1.165, 1.54) is 0 Å². The molecule has 0 aliphatic heterocycles. The molecule has 3 aromatic rings. The quantitative estimate of drug-likeness (QED) is 0.670. The Bertz CT molecular complexity index is 758. The fraction of sp³-hybridized carbons (Fsp3) is 0.0625. The minimum absolute atomic E-state index is 0.385. The second-order valence-corrected chi connectivity index (χ2v) is 5.23. The van der Waals surface area contributed by atoms with Crippen LogP contribution in [-0.4, -0.2) is 4.98 Å². The molecule has 20 heavy (non-hydrogen) atoms. The molecule has 0 bridgehead atoms. The molecule has 1 aromatic heterocycles. The van der Waals surface area contributed by atoms with Crippen LogP contribution >= 0.6 is 23.2 Å². The van der Waals surface area contributed by atoms with Crippen molar-refractivity contribution in [1.82, 2.24) is 4.98 Å². The van der Waals surface area contributed by atoms with Crippen LogP contribution in [0.5, 0.6) is 5.75 Å². The fourth-order valence-corrected chi connectivity index (χ4v) is 2.39. The number of benzene rings is 2. The highest BCUT2D eigenvalue weighted by molar-refractivity contribution is 6.35. The summed E-state index contributed by atoms with van der Waals surface area (Å²) in [5, 5.41) is 2.27. The Labute approximate surface area is 126 Å². The summed E-state index contributed by atoms with van der Waals surface area (Å²) in [6, 6.07) is 15.2. The van der Waals surface area contributed by atoms with Crippen LogP contribution in [0.4, 0.5) is 0 Å². The summed E-state index contributed by atoms with van der Waals surface area (Å²) in [5.74, 6) is 0.717. The van der Waals surface area contributed by atoms with Crippen molar-refractivity contribution in [1.29, 1.82) is 0 Å². The first kappa shape index (κ1) is 13.2. The third-order valence-electron chi connectivity index (χ3n) is 2.97. The number of para-hydroxylation sites is 1. The zero-order chi connectivity index (χ0) is 13.9. The predicted molar refractivity (Wildman–Crippen MR) is 82.5 cm³/mol. The maximum absolute atomic E-state index is 6.11. The Morgan fingerprint density at radius 3 is 2.70 bits per heavy atom. The molecule has 0 aliphatic rings. The van der Waals surface area contributed by atoms with Crippen LogP contribution in [-0.2, 0) is 6.61 Å². The SMILES string of the molecule is Clc1ccc(COc2cnc3ccccc3c2)c(Cl)c1. The molecule has 0 unspecified atom stereocenters. The van der Waals surface area contributed by atoms with Gasteiger partial charge in [0.25, 0.3) is 0 Å². The largest absolute Gasteiger partial charge is 0.487 e. The molecule has 0 fully saturated rings. The van der Waals surface area contributed by atoms with E-state index in [0.29, 0.717) is 16.7 Å². The summed E-state index contributed by atoms with van der Waals surface area (Å²) in [6.45, 7) is 0.385. The van der Waals surface area contributed by atoms with Gasteiger partial charge in [0.2, 0.25) is 0 Å². The topological polar surface area (TPSA) is 22.1 Å².